The molecule has 0 aliphatic carbocycles. The monoisotopic (exact) mass is 421 g/mol. The van der Waals surface area contributed by atoms with E-state index in [9.17, 15) is 19.3 Å². The molecule has 1 unspecified atom stereocenters. The SMILES string of the molecule is [B-]P(=O)(OC[C@H]1O[C@@H](n2cnc3c(N)ncnc32)[C@H](O)[C@@H]1O)OP(=O)(O)O. The van der Waals surface area contributed by atoms with Gasteiger partial charge in [0.05, 0.1) is 20.4 Å². The highest BCUT2D eigenvalue weighted by Gasteiger charge is 2.44. The van der Waals surface area contributed by atoms with Gasteiger partial charge in [0.2, 0.25) is 0 Å². The molecule has 17 heteroatoms. The highest BCUT2D eigenvalue weighted by molar-refractivity contribution is 7.83. The third kappa shape index (κ3) is 4.37. The number of rotatable bonds is 6. The third-order valence-electron chi connectivity index (χ3n) is 3.64. The van der Waals surface area contributed by atoms with Crippen molar-refractivity contribution in [3.63, 3.8) is 0 Å². The van der Waals surface area contributed by atoms with Gasteiger partial charge in [-0.25, -0.2) is 23.8 Å². The van der Waals surface area contributed by atoms with Crippen LogP contribution in [0.1, 0.15) is 6.23 Å². The molecule has 1 saturated heterocycles. The fourth-order valence-corrected chi connectivity index (χ4v) is 4.23. The van der Waals surface area contributed by atoms with Gasteiger partial charge in [-0.3, -0.25) is 4.57 Å². The van der Waals surface area contributed by atoms with E-state index in [0.29, 0.717) is 0 Å². The number of nitrogen functional groups attached to an aromatic ring is 1. The number of hydrogen-bond acceptors (Lipinski definition) is 11. The molecule has 0 bridgehead atoms. The number of hydrogen-bond donors (Lipinski definition) is 5. The zero-order valence-corrected chi connectivity index (χ0v) is 15.1. The maximum absolute atomic E-state index is 11.7. The van der Waals surface area contributed by atoms with Gasteiger partial charge in [-0.2, -0.15) is 0 Å². The smallest absolute Gasteiger partial charge is 0.443 e. The molecule has 3 radical (unpaired) electrons. The standard InChI is InChI=1S/C10H14BN5O9P2/c11-26(19,25-27(20,21)22)23-1-4-6(17)7(18)10(24-4)16-3-15-5-8(12)13-2-14-9(5)16/h2-4,6-7,10,17-18H,1H2,(H2,12,13,14)(H2,20,21,22)/q-1/t4-,6-,7-,10-,26?/m1/s1. The normalized spacial score (nSPS) is 28.5. The molecule has 1 fully saturated rings. The maximum Gasteiger partial charge on any atom is 0.474 e. The van der Waals surface area contributed by atoms with Crippen LogP contribution < -0.4 is 5.73 Å². The number of fused-ring (bicyclic) bond motifs is 1. The Bertz CT molecular complexity index is 937. The third-order valence-corrected chi connectivity index (χ3v) is 5.91. The molecule has 3 rings (SSSR count). The molecular formula is C10H14BN5O9P2-. The van der Waals surface area contributed by atoms with Gasteiger partial charge in [-0.05, 0) is 0 Å². The molecule has 0 saturated carbocycles. The predicted octanol–water partition coefficient (Wildman–Crippen LogP) is -1.57. The Morgan fingerprint density at radius 2 is 1.96 bits per heavy atom. The van der Waals surface area contributed by atoms with Gasteiger partial charge in [-0.1, -0.05) is 0 Å². The lowest BCUT2D eigenvalue weighted by Gasteiger charge is -2.28. The van der Waals surface area contributed by atoms with Crippen molar-refractivity contribution in [1.29, 1.82) is 0 Å². The molecule has 2 aromatic rings. The van der Waals surface area contributed by atoms with Crippen molar-refractivity contribution in [1.82, 2.24) is 19.5 Å². The van der Waals surface area contributed by atoms with Crippen LogP contribution in [0.2, 0.25) is 0 Å². The molecule has 1 aliphatic rings. The summed E-state index contributed by atoms with van der Waals surface area (Å²) in [7, 11) is -4.74. The van der Waals surface area contributed by atoms with Crippen LogP contribution in [0, 0.1) is 0 Å². The van der Waals surface area contributed by atoms with E-state index >= 15 is 0 Å². The first-order chi connectivity index (χ1) is 12.5. The van der Waals surface area contributed by atoms with E-state index in [1.54, 1.807) is 0 Å². The predicted molar refractivity (Wildman–Crippen MR) is 88.1 cm³/mol. The van der Waals surface area contributed by atoms with Crippen LogP contribution in [0.4, 0.5) is 5.82 Å². The van der Waals surface area contributed by atoms with Crippen LogP contribution in [0.3, 0.4) is 0 Å². The Morgan fingerprint density at radius 3 is 2.63 bits per heavy atom. The van der Waals surface area contributed by atoms with E-state index in [1.165, 1.54) is 17.2 Å². The van der Waals surface area contributed by atoms with Gasteiger partial charge in [-0.15, -0.1) is 0 Å². The van der Waals surface area contributed by atoms with Gasteiger partial charge in [0.25, 0.3) is 0 Å². The minimum atomic E-state index is -5.16. The van der Waals surface area contributed by atoms with Crippen molar-refractivity contribution < 1.29 is 42.7 Å². The number of aliphatic hydroxyl groups excluding tert-OH is 2. The minimum Gasteiger partial charge on any atom is -0.443 e. The van der Waals surface area contributed by atoms with Crippen LogP contribution >= 0.6 is 15.3 Å². The summed E-state index contributed by atoms with van der Waals surface area (Å²) in [6.45, 7) is -0.688. The Morgan fingerprint density at radius 1 is 1.26 bits per heavy atom. The molecule has 0 aromatic carbocycles. The summed E-state index contributed by atoms with van der Waals surface area (Å²) >= 11 is 0. The summed E-state index contributed by atoms with van der Waals surface area (Å²) < 4.78 is 37.7. The van der Waals surface area contributed by atoms with Gasteiger partial charge in [0.15, 0.2) is 17.7 Å². The average molecular weight is 421 g/mol. The second kappa shape index (κ2) is 7.20. The Balaban J connectivity index is 1.75. The van der Waals surface area contributed by atoms with E-state index in [4.69, 9.17) is 27.8 Å². The number of anilines is 1. The summed E-state index contributed by atoms with van der Waals surface area (Å²) in [5.41, 5.74) is 6.17. The second-order valence-corrected chi connectivity index (χ2v) is 8.51. The Kier molecular flexibility index (Phi) is 5.43. The maximum atomic E-state index is 11.7. The lowest BCUT2D eigenvalue weighted by molar-refractivity contribution is -0.0479. The molecule has 14 nitrogen and oxygen atoms in total. The van der Waals surface area contributed by atoms with Crippen LogP contribution in [0.15, 0.2) is 12.7 Å². The highest BCUT2D eigenvalue weighted by atomic mass is 31.3. The van der Waals surface area contributed by atoms with E-state index in [-0.39, 0.29) is 17.0 Å². The van der Waals surface area contributed by atoms with E-state index in [2.05, 4.69) is 23.8 Å². The molecule has 3 heterocycles. The molecule has 147 valence electrons. The van der Waals surface area contributed by atoms with Gasteiger partial charge < -0.3 is 47.1 Å². The van der Waals surface area contributed by atoms with Crippen molar-refractivity contribution >= 4 is 39.8 Å². The quantitative estimate of drug-likeness (QED) is 0.264. The molecule has 0 spiro atoms. The summed E-state index contributed by atoms with van der Waals surface area (Å²) in [4.78, 5) is 29.0. The van der Waals surface area contributed by atoms with Gasteiger partial charge >= 0.3 is 7.82 Å². The average Bonchev–Trinajstić information content (AvgIpc) is 3.07. The first kappa shape index (κ1) is 20.3. The van der Waals surface area contributed by atoms with E-state index < -0.39 is 46.4 Å². The second-order valence-electron chi connectivity index (χ2n) is 5.54. The molecule has 2 aromatic heterocycles. The van der Waals surface area contributed by atoms with E-state index in [0.717, 1.165) is 0 Å². The first-order valence-corrected chi connectivity index (χ1v) is 10.4. The topological polar surface area (TPSA) is 212 Å². The van der Waals surface area contributed by atoms with E-state index in [1.807, 2.05) is 0 Å². The number of aromatic nitrogens is 4. The minimum absolute atomic E-state index is 0.102. The number of ether oxygens (including phenoxy) is 1. The van der Waals surface area contributed by atoms with Crippen LogP contribution in [0.25, 0.3) is 11.2 Å². The van der Waals surface area contributed by atoms with Gasteiger partial charge in [0.1, 0.15) is 30.2 Å². The summed E-state index contributed by atoms with van der Waals surface area (Å²) in [6.07, 6.45) is -2.94. The van der Waals surface area contributed by atoms with Crippen molar-refractivity contribution in [2.24, 2.45) is 0 Å². The summed E-state index contributed by atoms with van der Waals surface area (Å²) in [5, 5.41) is 20.3. The zero-order valence-electron chi connectivity index (χ0n) is 13.3. The molecule has 27 heavy (non-hydrogen) atoms. The fraction of sp³-hybridized carbons (Fsp3) is 0.500. The first-order valence-electron chi connectivity index (χ1n) is 7.23. The zero-order chi connectivity index (χ0) is 20.0. The van der Waals surface area contributed by atoms with Crippen LogP contribution in [-0.4, -0.2) is 72.0 Å². The number of aliphatic hydroxyl groups is 2. The number of imidazole rings is 1. The number of phosphoric acid groups is 1. The van der Waals surface area contributed by atoms with Crippen LogP contribution in [0.5, 0.6) is 0 Å². The summed E-state index contributed by atoms with van der Waals surface area (Å²) in [6, 6.07) is 0. The Labute approximate surface area is 152 Å². The number of nitrogens with zero attached hydrogens (tertiary/aromatic N) is 4. The Hall–Kier alpha value is -1.41. The molecule has 6 N–H and O–H groups in total. The van der Waals surface area contributed by atoms with Gasteiger partial charge in [0, 0.05) is 0 Å². The van der Waals surface area contributed by atoms with Crippen molar-refractivity contribution in [3.05, 3.63) is 12.7 Å². The largest absolute Gasteiger partial charge is 0.474 e. The lowest BCUT2D eigenvalue weighted by Crippen LogP contribution is -2.33. The van der Waals surface area contributed by atoms with Crippen molar-refractivity contribution in [2.45, 2.75) is 24.5 Å². The number of nitrogens with two attached hydrogens (primary N) is 1. The molecule has 0 amide bonds. The lowest BCUT2D eigenvalue weighted by atomic mass is 10.1. The van der Waals surface area contributed by atoms with Crippen LogP contribution in [-0.2, 0) is 22.7 Å². The fourth-order valence-electron chi connectivity index (χ4n) is 2.50. The highest BCUT2D eigenvalue weighted by Crippen LogP contribution is 2.57. The molecule has 1 aliphatic heterocycles. The molecular weight excluding hydrogens is 407 g/mol. The summed E-state index contributed by atoms with van der Waals surface area (Å²) in [5.74, 6) is 0.102. The van der Waals surface area contributed by atoms with Crippen molar-refractivity contribution in [3.8, 4) is 0 Å². The van der Waals surface area contributed by atoms with Crippen molar-refractivity contribution in [2.75, 3.05) is 12.3 Å². The molecule has 5 atom stereocenters.